The number of carbonyl (C=O) groups excluding carboxylic acids is 1. The van der Waals surface area contributed by atoms with Gasteiger partial charge < -0.3 is 19.4 Å². The van der Waals surface area contributed by atoms with Crippen molar-refractivity contribution in [1.82, 2.24) is 15.1 Å². The lowest BCUT2D eigenvalue weighted by Crippen LogP contribution is -2.40. The average Bonchev–Trinajstić information content (AvgIpc) is 3.39. The highest BCUT2D eigenvalue weighted by Crippen LogP contribution is 2.40. The number of rotatable bonds is 4. The smallest absolute Gasteiger partial charge is 0.321 e. The maximum atomic E-state index is 12.6. The van der Waals surface area contributed by atoms with E-state index in [0.717, 1.165) is 31.6 Å². The highest BCUT2D eigenvalue weighted by Gasteiger charge is 2.32. The molecular weight excluding hydrogens is 356 g/mol. The molecule has 2 heterocycles. The van der Waals surface area contributed by atoms with E-state index in [1.54, 1.807) is 30.2 Å². The molecule has 1 saturated carbocycles. The van der Waals surface area contributed by atoms with E-state index in [1.165, 1.54) is 0 Å². The molecule has 26 heavy (non-hydrogen) atoms. The van der Waals surface area contributed by atoms with Crippen molar-refractivity contribution in [2.45, 2.75) is 37.5 Å². The van der Waals surface area contributed by atoms with E-state index < -0.39 is 0 Å². The second-order valence-corrected chi connectivity index (χ2v) is 7.23. The van der Waals surface area contributed by atoms with Crippen LogP contribution in [0.25, 0.3) is 0 Å². The molecule has 0 unspecified atom stereocenters. The number of carbonyl (C=O) groups is 1. The molecule has 1 aromatic heterocycles. The van der Waals surface area contributed by atoms with E-state index in [1.807, 2.05) is 0 Å². The van der Waals surface area contributed by atoms with Gasteiger partial charge in [-0.15, -0.1) is 10.2 Å². The summed E-state index contributed by atoms with van der Waals surface area (Å²) < 4.78 is 11.1. The molecule has 8 heteroatoms. The molecule has 7 nitrogen and oxygen atoms in total. The summed E-state index contributed by atoms with van der Waals surface area (Å²) in [4.78, 5) is 14.3. The van der Waals surface area contributed by atoms with Gasteiger partial charge in [0.2, 0.25) is 11.8 Å². The Kier molecular flexibility index (Phi) is 4.72. The number of amides is 2. The van der Waals surface area contributed by atoms with Crippen molar-refractivity contribution in [2.75, 3.05) is 25.5 Å². The van der Waals surface area contributed by atoms with Gasteiger partial charge in [-0.3, -0.25) is 0 Å². The van der Waals surface area contributed by atoms with Crippen LogP contribution in [0, 0.1) is 0 Å². The van der Waals surface area contributed by atoms with E-state index in [0.29, 0.717) is 41.4 Å². The Hall–Kier alpha value is -2.28. The third kappa shape index (κ3) is 3.62. The fourth-order valence-corrected chi connectivity index (χ4v) is 3.38. The van der Waals surface area contributed by atoms with E-state index in [2.05, 4.69) is 15.5 Å². The van der Waals surface area contributed by atoms with E-state index in [-0.39, 0.29) is 11.9 Å². The summed E-state index contributed by atoms with van der Waals surface area (Å²) in [6.07, 6.45) is 3.92. The van der Waals surface area contributed by atoms with Gasteiger partial charge in [0.1, 0.15) is 5.75 Å². The lowest BCUT2D eigenvalue weighted by atomic mass is 9.97. The molecule has 0 radical (unpaired) electrons. The summed E-state index contributed by atoms with van der Waals surface area (Å²) in [6, 6.07) is 4.98. The summed E-state index contributed by atoms with van der Waals surface area (Å²) in [6.45, 7) is 1.28. The van der Waals surface area contributed by atoms with Gasteiger partial charge in [0.15, 0.2) is 0 Å². The highest BCUT2D eigenvalue weighted by molar-refractivity contribution is 6.31. The molecule has 0 spiro atoms. The summed E-state index contributed by atoms with van der Waals surface area (Å²) in [7, 11) is 1.56. The van der Waals surface area contributed by atoms with Crippen molar-refractivity contribution < 1.29 is 13.9 Å². The number of benzene rings is 1. The number of halogens is 1. The van der Waals surface area contributed by atoms with Crippen molar-refractivity contribution in [3.63, 3.8) is 0 Å². The fourth-order valence-electron chi connectivity index (χ4n) is 3.21. The molecule has 1 saturated heterocycles. The number of anilines is 1. The standard InChI is InChI=1S/C18H21ClN4O3/c1-25-15-5-4-13(19)10-14(15)20-18(24)23-8-6-12(7-9-23)17-22-21-16(26-17)11-2-3-11/h4-5,10-12H,2-3,6-9H2,1H3,(H,20,24). The van der Waals surface area contributed by atoms with Crippen molar-refractivity contribution in [3.8, 4) is 5.75 Å². The number of methoxy groups -OCH3 is 1. The van der Waals surface area contributed by atoms with Crippen LogP contribution < -0.4 is 10.1 Å². The molecule has 1 aliphatic carbocycles. The Labute approximate surface area is 156 Å². The molecule has 2 amide bonds. The minimum absolute atomic E-state index is 0.159. The Balaban J connectivity index is 1.35. The zero-order valence-electron chi connectivity index (χ0n) is 14.6. The highest BCUT2D eigenvalue weighted by atomic mass is 35.5. The number of nitrogens with zero attached hydrogens (tertiary/aromatic N) is 3. The van der Waals surface area contributed by atoms with E-state index >= 15 is 0 Å². The van der Waals surface area contributed by atoms with E-state index in [9.17, 15) is 4.79 Å². The average molecular weight is 377 g/mol. The molecule has 0 bridgehead atoms. The molecule has 138 valence electrons. The molecule has 2 aliphatic rings. The predicted molar refractivity (Wildman–Crippen MR) is 96.8 cm³/mol. The van der Waals surface area contributed by atoms with Crippen LogP contribution in [-0.4, -0.2) is 41.3 Å². The number of hydrogen-bond donors (Lipinski definition) is 1. The Morgan fingerprint density at radius 1 is 1.19 bits per heavy atom. The van der Waals surface area contributed by atoms with Gasteiger partial charge >= 0.3 is 6.03 Å². The summed E-state index contributed by atoms with van der Waals surface area (Å²) in [5.41, 5.74) is 0.568. The van der Waals surface area contributed by atoms with Crippen LogP contribution in [0.1, 0.15) is 49.3 Å². The quantitative estimate of drug-likeness (QED) is 0.871. The van der Waals surface area contributed by atoms with Gasteiger partial charge in [-0.05, 0) is 43.9 Å². The van der Waals surface area contributed by atoms with Gasteiger partial charge in [0.25, 0.3) is 0 Å². The first kappa shape index (κ1) is 17.1. The second kappa shape index (κ2) is 7.15. The van der Waals surface area contributed by atoms with Crippen LogP contribution in [0.15, 0.2) is 22.6 Å². The van der Waals surface area contributed by atoms with Crippen LogP contribution in [0.2, 0.25) is 5.02 Å². The third-order valence-corrected chi connectivity index (χ3v) is 5.15. The summed E-state index contributed by atoms with van der Waals surface area (Å²) >= 11 is 6.01. The molecular formula is C18H21ClN4O3. The van der Waals surface area contributed by atoms with Crippen molar-refractivity contribution in [2.24, 2.45) is 0 Å². The third-order valence-electron chi connectivity index (χ3n) is 4.92. The number of urea groups is 1. The molecule has 0 atom stereocenters. The normalized spacial score (nSPS) is 18.0. The number of likely N-dealkylation sites (tertiary alicyclic amines) is 1. The molecule has 1 aromatic carbocycles. The number of piperidine rings is 1. The molecule has 2 fully saturated rings. The largest absolute Gasteiger partial charge is 0.495 e. The van der Waals surface area contributed by atoms with Gasteiger partial charge in [-0.25, -0.2) is 4.79 Å². The minimum Gasteiger partial charge on any atom is -0.495 e. The van der Waals surface area contributed by atoms with Crippen LogP contribution in [-0.2, 0) is 0 Å². The van der Waals surface area contributed by atoms with Gasteiger partial charge in [0.05, 0.1) is 12.8 Å². The van der Waals surface area contributed by atoms with Crippen LogP contribution in [0.4, 0.5) is 10.5 Å². The first-order valence-corrected chi connectivity index (χ1v) is 9.24. The fraction of sp³-hybridized carbons (Fsp3) is 0.500. The van der Waals surface area contributed by atoms with Crippen molar-refractivity contribution in [1.29, 1.82) is 0 Å². The molecule has 2 aromatic rings. The Morgan fingerprint density at radius 2 is 1.85 bits per heavy atom. The van der Waals surface area contributed by atoms with Crippen molar-refractivity contribution in [3.05, 3.63) is 35.0 Å². The SMILES string of the molecule is COc1ccc(Cl)cc1NC(=O)N1CCC(c2nnc(C3CC3)o2)CC1. The van der Waals surface area contributed by atoms with Gasteiger partial charge in [-0.2, -0.15) is 0 Å². The minimum atomic E-state index is -0.159. The maximum Gasteiger partial charge on any atom is 0.321 e. The Bertz CT molecular complexity index is 797. The van der Waals surface area contributed by atoms with Gasteiger partial charge in [-0.1, -0.05) is 11.6 Å². The number of aromatic nitrogens is 2. The van der Waals surface area contributed by atoms with Crippen LogP contribution in [0.3, 0.4) is 0 Å². The number of nitrogens with one attached hydrogen (secondary N) is 1. The Morgan fingerprint density at radius 3 is 2.46 bits per heavy atom. The number of ether oxygens (including phenoxy) is 1. The van der Waals surface area contributed by atoms with Crippen LogP contribution in [0.5, 0.6) is 5.75 Å². The second-order valence-electron chi connectivity index (χ2n) is 6.79. The summed E-state index contributed by atoms with van der Waals surface area (Å²) in [5, 5.41) is 11.8. The first-order chi connectivity index (χ1) is 12.6. The predicted octanol–water partition coefficient (Wildman–Crippen LogP) is 4.02. The monoisotopic (exact) mass is 376 g/mol. The molecule has 4 rings (SSSR count). The van der Waals surface area contributed by atoms with E-state index in [4.69, 9.17) is 20.8 Å². The van der Waals surface area contributed by atoms with Crippen molar-refractivity contribution >= 4 is 23.3 Å². The zero-order valence-corrected chi connectivity index (χ0v) is 15.3. The van der Waals surface area contributed by atoms with Gasteiger partial charge in [0, 0.05) is 29.9 Å². The molecule has 1 aliphatic heterocycles. The maximum absolute atomic E-state index is 12.6. The topological polar surface area (TPSA) is 80.5 Å². The van der Waals surface area contributed by atoms with Crippen LogP contribution >= 0.6 is 11.6 Å². The zero-order chi connectivity index (χ0) is 18.1. The lowest BCUT2D eigenvalue weighted by molar-refractivity contribution is 0.189. The first-order valence-electron chi connectivity index (χ1n) is 8.87. The lowest BCUT2D eigenvalue weighted by Gasteiger charge is -2.30. The number of hydrogen-bond acceptors (Lipinski definition) is 5. The summed E-state index contributed by atoms with van der Waals surface area (Å²) in [5.74, 6) is 2.75. The molecule has 1 N–H and O–H groups in total.